The molecule has 1 aromatic heterocycles. The van der Waals surface area contributed by atoms with E-state index in [0.717, 1.165) is 0 Å². The molecule has 1 amide bonds. The van der Waals surface area contributed by atoms with E-state index in [1.54, 1.807) is 25.1 Å². The highest BCUT2D eigenvalue weighted by Crippen LogP contribution is 2.16. The third kappa shape index (κ3) is 3.07. The highest BCUT2D eigenvalue weighted by atomic mass is 19.1. The van der Waals surface area contributed by atoms with E-state index in [9.17, 15) is 14.0 Å². The minimum atomic E-state index is -0.479. The quantitative estimate of drug-likeness (QED) is 0.886. The fourth-order valence-electron chi connectivity index (χ4n) is 1.77. The lowest BCUT2D eigenvalue weighted by molar-refractivity contribution is 0.0939. The maximum absolute atomic E-state index is 13.6. The molecule has 1 aromatic carbocycles. The number of aromatic amines is 1. The molecule has 4 nitrogen and oxygen atoms in total. The fourth-order valence-corrected chi connectivity index (χ4v) is 1.77. The highest BCUT2D eigenvalue weighted by Gasteiger charge is 2.14. The molecule has 2 N–H and O–H groups in total. The molecular weight excluding hydrogens is 247 g/mol. The van der Waals surface area contributed by atoms with Crippen LogP contribution in [0.15, 0.2) is 47.4 Å². The molecule has 0 saturated carbocycles. The molecule has 1 atom stereocenters. The molecule has 0 aliphatic rings. The van der Waals surface area contributed by atoms with Gasteiger partial charge < -0.3 is 10.3 Å². The molecule has 0 aliphatic heterocycles. The van der Waals surface area contributed by atoms with Crippen LogP contribution in [0.5, 0.6) is 0 Å². The molecule has 0 radical (unpaired) electrons. The lowest BCUT2D eigenvalue weighted by atomic mass is 10.1. The predicted molar refractivity (Wildman–Crippen MR) is 69.3 cm³/mol. The molecule has 5 heteroatoms. The average molecular weight is 260 g/mol. The van der Waals surface area contributed by atoms with Gasteiger partial charge in [0.05, 0.1) is 6.04 Å². The van der Waals surface area contributed by atoms with Crippen molar-refractivity contribution in [2.75, 3.05) is 0 Å². The van der Waals surface area contributed by atoms with Gasteiger partial charge in [-0.1, -0.05) is 18.2 Å². The topological polar surface area (TPSA) is 62.0 Å². The number of carbonyl (C=O) groups is 1. The molecule has 2 aromatic rings. The van der Waals surface area contributed by atoms with E-state index in [1.807, 2.05) is 0 Å². The molecule has 1 unspecified atom stereocenters. The molecule has 0 bridgehead atoms. The monoisotopic (exact) mass is 260 g/mol. The Hall–Kier alpha value is -2.43. The second kappa shape index (κ2) is 5.48. The summed E-state index contributed by atoms with van der Waals surface area (Å²) in [5.41, 5.74) is 0.291. The molecule has 0 aliphatic carbocycles. The van der Waals surface area contributed by atoms with Crippen molar-refractivity contribution in [1.82, 2.24) is 10.3 Å². The van der Waals surface area contributed by atoms with E-state index in [1.165, 1.54) is 24.4 Å². The summed E-state index contributed by atoms with van der Waals surface area (Å²) in [6.07, 6.45) is 1.39. The van der Waals surface area contributed by atoms with Crippen LogP contribution in [-0.4, -0.2) is 10.9 Å². The van der Waals surface area contributed by atoms with Crippen LogP contribution in [0.25, 0.3) is 0 Å². The van der Waals surface area contributed by atoms with Gasteiger partial charge in [0, 0.05) is 23.4 Å². The second-order valence-corrected chi connectivity index (χ2v) is 4.16. The summed E-state index contributed by atoms with van der Waals surface area (Å²) in [6, 6.07) is 8.45. The zero-order valence-corrected chi connectivity index (χ0v) is 10.3. The van der Waals surface area contributed by atoms with Crippen molar-refractivity contribution >= 4 is 5.91 Å². The van der Waals surface area contributed by atoms with E-state index in [4.69, 9.17) is 0 Å². The Morgan fingerprint density at radius 1 is 1.32 bits per heavy atom. The maximum Gasteiger partial charge on any atom is 0.252 e. The number of rotatable bonds is 3. The SMILES string of the molecule is CC(NC(=O)c1cc[nH]c(=O)c1)c1ccccc1F. The lowest BCUT2D eigenvalue weighted by Gasteiger charge is -2.14. The number of hydrogen-bond donors (Lipinski definition) is 2. The summed E-state index contributed by atoms with van der Waals surface area (Å²) < 4.78 is 13.6. The van der Waals surface area contributed by atoms with E-state index in [-0.39, 0.29) is 16.9 Å². The van der Waals surface area contributed by atoms with E-state index < -0.39 is 11.9 Å². The van der Waals surface area contributed by atoms with Crippen molar-refractivity contribution < 1.29 is 9.18 Å². The van der Waals surface area contributed by atoms with E-state index >= 15 is 0 Å². The van der Waals surface area contributed by atoms with Gasteiger partial charge in [0.25, 0.3) is 5.91 Å². The van der Waals surface area contributed by atoms with Crippen LogP contribution in [0.1, 0.15) is 28.9 Å². The van der Waals surface area contributed by atoms with Gasteiger partial charge in [0.1, 0.15) is 5.82 Å². The van der Waals surface area contributed by atoms with Crippen LogP contribution in [0, 0.1) is 5.82 Å². The van der Waals surface area contributed by atoms with Gasteiger partial charge in [0.15, 0.2) is 0 Å². The highest BCUT2D eigenvalue weighted by molar-refractivity contribution is 5.94. The number of amides is 1. The third-order valence-electron chi connectivity index (χ3n) is 2.76. The molecule has 0 fully saturated rings. The molecule has 19 heavy (non-hydrogen) atoms. The van der Waals surface area contributed by atoms with Gasteiger partial charge in [-0.2, -0.15) is 0 Å². The Labute approximate surface area is 109 Å². The molecule has 0 saturated heterocycles. The summed E-state index contributed by atoms with van der Waals surface area (Å²) in [4.78, 5) is 25.4. The van der Waals surface area contributed by atoms with Gasteiger partial charge in [-0.05, 0) is 19.1 Å². The molecular formula is C14H13FN2O2. The number of hydrogen-bond acceptors (Lipinski definition) is 2. The van der Waals surface area contributed by atoms with Gasteiger partial charge in [-0.3, -0.25) is 9.59 Å². The summed E-state index contributed by atoms with van der Waals surface area (Å²) in [7, 11) is 0. The van der Waals surface area contributed by atoms with Crippen molar-refractivity contribution in [3.05, 3.63) is 69.9 Å². The second-order valence-electron chi connectivity index (χ2n) is 4.16. The lowest BCUT2D eigenvalue weighted by Crippen LogP contribution is -2.28. The van der Waals surface area contributed by atoms with Crippen LogP contribution in [0.2, 0.25) is 0 Å². The number of carbonyl (C=O) groups excluding carboxylic acids is 1. The number of H-pyrrole nitrogens is 1. The minimum Gasteiger partial charge on any atom is -0.345 e. The number of pyridine rings is 1. The summed E-state index contributed by atoms with van der Waals surface area (Å²) in [6.45, 7) is 1.68. The van der Waals surface area contributed by atoms with Crippen LogP contribution >= 0.6 is 0 Å². The zero-order valence-electron chi connectivity index (χ0n) is 10.3. The van der Waals surface area contributed by atoms with Gasteiger partial charge >= 0.3 is 0 Å². The summed E-state index contributed by atoms with van der Waals surface area (Å²) in [5.74, 6) is -0.789. The first kappa shape index (κ1) is 13.0. The molecule has 2 rings (SSSR count). The number of nitrogens with one attached hydrogen (secondary N) is 2. The number of halogens is 1. The van der Waals surface area contributed by atoms with E-state index in [2.05, 4.69) is 10.3 Å². The van der Waals surface area contributed by atoms with Gasteiger partial charge in [-0.25, -0.2) is 4.39 Å². The Balaban J connectivity index is 2.16. The summed E-state index contributed by atoms with van der Waals surface area (Å²) >= 11 is 0. The minimum absolute atomic E-state index is 0.243. The maximum atomic E-state index is 13.6. The first-order chi connectivity index (χ1) is 9.08. The number of aromatic nitrogens is 1. The first-order valence-corrected chi connectivity index (χ1v) is 5.82. The van der Waals surface area contributed by atoms with Crippen molar-refractivity contribution in [2.45, 2.75) is 13.0 Å². The largest absolute Gasteiger partial charge is 0.345 e. The average Bonchev–Trinajstić information content (AvgIpc) is 2.39. The molecule has 98 valence electrons. The fraction of sp³-hybridized carbons (Fsp3) is 0.143. The molecule has 1 heterocycles. The van der Waals surface area contributed by atoms with Gasteiger partial charge in [-0.15, -0.1) is 0 Å². The standard InChI is InChI=1S/C14H13FN2O2/c1-9(11-4-2-3-5-12(11)15)17-14(19)10-6-7-16-13(18)8-10/h2-9H,1H3,(H,16,18)(H,17,19). The molecule has 0 spiro atoms. The van der Waals surface area contributed by atoms with Crippen LogP contribution in [-0.2, 0) is 0 Å². The van der Waals surface area contributed by atoms with Crippen molar-refractivity contribution in [3.63, 3.8) is 0 Å². The van der Waals surface area contributed by atoms with Crippen molar-refractivity contribution in [3.8, 4) is 0 Å². The van der Waals surface area contributed by atoms with E-state index in [0.29, 0.717) is 5.56 Å². The Morgan fingerprint density at radius 3 is 2.74 bits per heavy atom. The van der Waals surface area contributed by atoms with Crippen LogP contribution in [0.4, 0.5) is 4.39 Å². The first-order valence-electron chi connectivity index (χ1n) is 5.82. The zero-order chi connectivity index (χ0) is 13.8. The Bertz CT molecular complexity index is 652. The van der Waals surface area contributed by atoms with Crippen molar-refractivity contribution in [1.29, 1.82) is 0 Å². The smallest absolute Gasteiger partial charge is 0.252 e. The normalized spacial score (nSPS) is 11.9. The van der Waals surface area contributed by atoms with Crippen molar-refractivity contribution in [2.24, 2.45) is 0 Å². The number of benzene rings is 1. The van der Waals surface area contributed by atoms with Crippen LogP contribution in [0.3, 0.4) is 0 Å². The Kier molecular flexibility index (Phi) is 3.75. The predicted octanol–water partition coefficient (Wildman–Crippen LogP) is 2.01. The summed E-state index contributed by atoms with van der Waals surface area (Å²) in [5, 5.41) is 2.65. The van der Waals surface area contributed by atoms with Gasteiger partial charge in [0.2, 0.25) is 5.56 Å². The Morgan fingerprint density at radius 2 is 2.05 bits per heavy atom. The van der Waals surface area contributed by atoms with Crippen LogP contribution < -0.4 is 10.9 Å². The third-order valence-corrected chi connectivity index (χ3v) is 2.76.